The highest BCUT2D eigenvalue weighted by molar-refractivity contribution is 6.01. The molecule has 0 unspecified atom stereocenters. The molecule has 0 radical (unpaired) electrons. The van der Waals surface area contributed by atoms with Crippen molar-refractivity contribution in [1.29, 1.82) is 0 Å². The lowest BCUT2D eigenvalue weighted by molar-refractivity contribution is -0.118. The molecule has 0 spiro atoms. The quantitative estimate of drug-likeness (QED) is 0.756. The summed E-state index contributed by atoms with van der Waals surface area (Å²) in [7, 11) is 1.88. The standard InChI is InChI=1S/C12H13NO2/c1-13-8-7-10(14)12(15)11(13)9-5-3-2-4-6-9/h2-6,15H,7-8H2,1H3. The summed E-state index contributed by atoms with van der Waals surface area (Å²) in [4.78, 5) is 13.3. The van der Waals surface area contributed by atoms with Crippen LogP contribution in [0, 0.1) is 0 Å². The molecule has 1 aromatic rings. The summed E-state index contributed by atoms with van der Waals surface area (Å²) < 4.78 is 0. The first-order chi connectivity index (χ1) is 7.20. The molecule has 0 saturated carbocycles. The Hall–Kier alpha value is -1.77. The number of carbonyl (C=O) groups is 1. The topological polar surface area (TPSA) is 40.5 Å². The molecule has 1 N–H and O–H groups in total. The highest BCUT2D eigenvalue weighted by Gasteiger charge is 2.24. The first kappa shape index (κ1) is 9.77. The number of aliphatic hydroxyl groups is 1. The van der Waals surface area contributed by atoms with Gasteiger partial charge in [0.25, 0.3) is 0 Å². The van der Waals surface area contributed by atoms with Crippen LogP contribution in [0.5, 0.6) is 0 Å². The highest BCUT2D eigenvalue weighted by atomic mass is 16.3. The number of hydrogen-bond donors (Lipinski definition) is 1. The lowest BCUT2D eigenvalue weighted by atomic mass is 10.0. The fraction of sp³-hybridized carbons (Fsp3) is 0.250. The van der Waals surface area contributed by atoms with Gasteiger partial charge in [-0.05, 0) is 0 Å². The van der Waals surface area contributed by atoms with Crippen LogP contribution in [0.1, 0.15) is 12.0 Å². The zero-order chi connectivity index (χ0) is 10.8. The number of Topliss-reactive ketones (excluding diaryl/α,β-unsaturated/α-hetero) is 1. The summed E-state index contributed by atoms with van der Waals surface area (Å²) in [5, 5.41) is 9.75. The molecule has 1 heterocycles. The van der Waals surface area contributed by atoms with E-state index in [9.17, 15) is 9.90 Å². The van der Waals surface area contributed by atoms with Crippen LogP contribution in [-0.4, -0.2) is 29.4 Å². The third-order valence-electron chi connectivity index (χ3n) is 2.59. The number of carbonyl (C=O) groups excluding carboxylic acids is 1. The molecule has 3 heteroatoms. The van der Waals surface area contributed by atoms with Gasteiger partial charge in [-0.1, -0.05) is 30.3 Å². The maximum absolute atomic E-state index is 11.4. The van der Waals surface area contributed by atoms with Gasteiger partial charge in [-0.25, -0.2) is 0 Å². The summed E-state index contributed by atoms with van der Waals surface area (Å²) in [6, 6.07) is 9.47. The lowest BCUT2D eigenvalue weighted by Crippen LogP contribution is -2.28. The average molecular weight is 203 g/mol. The van der Waals surface area contributed by atoms with Crippen molar-refractivity contribution >= 4 is 11.5 Å². The number of aliphatic hydroxyl groups excluding tert-OH is 1. The van der Waals surface area contributed by atoms with E-state index in [1.165, 1.54) is 0 Å². The van der Waals surface area contributed by atoms with Gasteiger partial charge in [0.2, 0.25) is 5.78 Å². The Morgan fingerprint density at radius 1 is 1.27 bits per heavy atom. The van der Waals surface area contributed by atoms with E-state index in [-0.39, 0.29) is 11.5 Å². The van der Waals surface area contributed by atoms with Crippen molar-refractivity contribution in [3.63, 3.8) is 0 Å². The number of rotatable bonds is 1. The zero-order valence-corrected chi connectivity index (χ0v) is 8.60. The second kappa shape index (κ2) is 3.77. The van der Waals surface area contributed by atoms with Gasteiger partial charge in [0.15, 0.2) is 5.76 Å². The van der Waals surface area contributed by atoms with Crippen LogP contribution >= 0.6 is 0 Å². The van der Waals surface area contributed by atoms with Gasteiger partial charge < -0.3 is 10.0 Å². The first-order valence-corrected chi connectivity index (χ1v) is 4.93. The summed E-state index contributed by atoms with van der Waals surface area (Å²) in [5.41, 5.74) is 1.51. The fourth-order valence-electron chi connectivity index (χ4n) is 1.77. The molecule has 15 heavy (non-hydrogen) atoms. The molecule has 0 fully saturated rings. The van der Waals surface area contributed by atoms with E-state index in [4.69, 9.17) is 0 Å². The van der Waals surface area contributed by atoms with Crippen molar-refractivity contribution in [2.24, 2.45) is 0 Å². The Bertz CT molecular complexity index is 409. The van der Waals surface area contributed by atoms with E-state index in [1.54, 1.807) is 0 Å². The Morgan fingerprint density at radius 3 is 2.60 bits per heavy atom. The van der Waals surface area contributed by atoms with E-state index in [0.29, 0.717) is 18.7 Å². The zero-order valence-electron chi connectivity index (χ0n) is 8.60. The minimum atomic E-state index is -0.174. The largest absolute Gasteiger partial charge is 0.503 e. The third kappa shape index (κ3) is 1.73. The number of hydrogen-bond acceptors (Lipinski definition) is 3. The van der Waals surface area contributed by atoms with Gasteiger partial charge in [-0.15, -0.1) is 0 Å². The van der Waals surface area contributed by atoms with Gasteiger partial charge in [0.05, 0.1) is 5.70 Å². The van der Waals surface area contributed by atoms with E-state index in [2.05, 4.69) is 0 Å². The minimum absolute atomic E-state index is 0.116. The van der Waals surface area contributed by atoms with Crippen molar-refractivity contribution in [2.45, 2.75) is 6.42 Å². The molecule has 1 aliphatic rings. The summed E-state index contributed by atoms with van der Waals surface area (Å²) in [5.74, 6) is -0.290. The van der Waals surface area contributed by atoms with Crippen LogP contribution in [-0.2, 0) is 4.79 Å². The summed E-state index contributed by atoms with van der Waals surface area (Å²) in [6.07, 6.45) is 0.388. The molecule has 0 aliphatic carbocycles. The maximum Gasteiger partial charge on any atom is 0.201 e. The van der Waals surface area contributed by atoms with E-state index < -0.39 is 0 Å². The predicted molar refractivity (Wildman–Crippen MR) is 58.2 cm³/mol. The van der Waals surface area contributed by atoms with E-state index in [1.807, 2.05) is 42.3 Å². The molecule has 0 atom stereocenters. The number of ketones is 1. The van der Waals surface area contributed by atoms with E-state index in [0.717, 1.165) is 5.56 Å². The van der Waals surface area contributed by atoms with Crippen molar-refractivity contribution in [2.75, 3.05) is 13.6 Å². The minimum Gasteiger partial charge on any atom is -0.503 e. The van der Waals surface area contributed by atoms with E-state index >= 15 is 0 Å². The predicted octanol–water partition coefficient (Wildman–Crippen LogP) is 1.82. The molecule has 1 aliphatic heterocycles. The molecule has 1 aromatic carbocycles. The molecule has 0 bridgehead atoms. The van der Waals surface area contributed by atoms with Crippen LogP contribution < -0.4 is 0 Å². The molecule has 0 aromatic heterocycles. The van der Waals surface area contributed by atoms with Crippen LogP contribution in [0.25, 0.3) is 5.70 Å². The van der Waals surface area contributed by atoms with Crippen molar-refractivity contribution in [3.8, 4) is 0 Å². The van der Waals surface area contributed by atoms with Crippen LogP contribution in [0.3, 0.4) is 0 Å². The van der Waals surface area contributed by atoms with Crippen molar-refractivity contribution < 1.29 is 9.90 Å². The first-order valence-electron chi connectivity index (χ1n) is 4.93. The number of allylic oxidation sites excluding steroid dienone is 1. The maximum atomic E-state index is 11.4. The second-order valence-electron chi connectivity index (χ2n) is 3.66. The Kier molecular flexibility index (Phi) is 2.46. The Morgan fingerprint density at radius 2 is 1.93 bits per heavy atom. The number of nitrogens with zero attached hydrogens (tertiary/aromatic N) is 1. The van der Waals surface area contributed by atoms with Crippen LogP contribution in [0.2, 0.25) is 0 Å². The molecule has 2 rings (SSSR count). The molecular weight excluding hydrogens is 190 g/mol. The number of benzene rings is 1. The molecule has 0 amide bonds. The monoisotopic (exact) mass is 203 g/mol. The smallest absolute Gasteiger partial charge is 0.201 e. The lowest BCUT2D eigenvalue weighted by Gasteiger charge is -2.27. The summed E-state index contributed by atoms with van der Waals surface area (Å²) in [6.45, 7) is 0.660. The highest BCUT2D eigenvalue weighted by Crippen LogP contribution is 2.25. The van der Waals surface area contributed by atoms with Crippen molar-refractivity contribution in [1.82, 2.24) is 4.90 Å². The Labute approximate surface area is 88.6 Å². The third-order valence-corrected chi connectivity index (χ3v) is 2.59. The van der Waals surface area contributed by atoms with Gasteiger partial charge in [0.1, 0.15) is 0 Å². The average Bonchev–Trinajstić information content (AvgIpc) is 2.26. The van der Waals surface area contributed by atoms with Gasteiger partial charge in [0, 0.05) is 25.6 Å². The molecule has 0 saturated heterocycles. The Balaban J connectivity index is 2.50. The summed E-state index contributed by atoms with van der Waals surface area (Å²) >= 11 is 0. The van der Waals surface area contributed by atoms with Crippen LogP contribution in [0.4, 0.5) is 0 Å². The van der Waals surface area contributed by atoms with Gasteiger partial charge >= 0.3 is 0 Å². The van der Waals surface area contributed by atoms with Gasteiger partial charge in [-0.2, -0.15) is 0 Å². The van der Waals surface area contributed by atoms with Gasteiger partial charge in [-0.3, -0.25) is 4.79 Å². The van der Waals surface area contributed by atoms with Crippen LogP contribution in [0.15, 0.2) is 36.1 Å². The van der Waals surface area contributed by atoms with Crippen molar-refractivity contribution in [3.05, 3.63) is 41.7 Å². The molecular formula is C12H13NO2. The fourth-order valence-corrected chi connectivity index (χ4v) is 1.77. The normalized spacial score (nSPS) is 17.1. The molecule has 78 valence electrons. The molecule has 3 nitrogen and oxygen atoms in total. The second-order valence-corrected chi connectivity index (χ2v) is 3.66. The SMILES string of the molecule is CN1CCC(=O)C(O)=C1c1ccccc1.